The highest BCUT2D eigenvalue weighted by molar-refractivity contribution is 5.67. The van der Waals surface area contributed by atoms with E-state index in [-0.39, 0.29) is 12.5 Å². The SMILES string of the molecule is CC(CCCC(F)(F)F)Nc1cccc(CNC(=O)OC(C)(C)C)c1. The third-order valence-corrected chi connectivity index (χ3v) is 3.27. The minimum atomic E-state index is -4.10. The van der Waals surface area contributed by atoms with Gasteiger partial charge in [-0.15, -0.1) is 0 Å². The summed E-state index contributed by atoms with van der Waals surface area (Å²) in [5, 5.41) is 5.86. The number of alkyl carbamates (subject to hydrolysis) is 1. The van der Waals surface area contributed by atoms with Gasteiger partial charge in [-0.1, -0.05) is 12.1 Å². The maximum absolute atomic E-state index is 12.2. The zero-order chi connectivity index (χ0) is 19.1. The van der Waals surface area contributed by atoms with Gasteiger partial charge < -0.3 is 15.4 Å². The van der Waals surface area contributed by atoms with E-state index < -0.39 is 24.3 Å². The van der Waals surface area contributed by atoms with Crippen molar-refractivity contribution in [2.24, 2.45) is 0 Å². The Bertz CT molecular complexity index is 554. The van der Waals surface area contributed by atoms with Crippen molar-refractivity contribution in [3.63, 3.8) is 0 Å². The van der Waals surface area contributed by atoms with Gasteiger partial charge in [0, 0.05) is 24.7 Å². The number of nitrogens with one attached hydrogen (secondary N) is 2. The Hall–Kier alpha value is -1.92. The molecule has 142 valence electrons. The molecule has 25 heavy (non-hydrogen) atoms. The molecule has 0 fully saturated rings. The molecule has 1 rings (SSSR count). The van der Waals surface area contributed by atoms with E-state index in [4.69, 9.17) is 4.74 Å². The van der Waals surface area contributed by atoms with Crippen LogP contribution in [0.4, 0.5) is 23.7 Å². The van der Waals surface area contributed by atoms with Crippen molar-refractivity contribution in [1.29, 1.82) is 0 Å². The van der Waals surface area contributed by atoms with Crippen molar-refractivity contribution in [3.05, 3.63) is 29.8 Å². The Balaban J connectivity index is 2.45. The summed E-state index contributed by atoms with van der Waals surface area (Å²) >= 11 is 0. The summed E-state index contributed by atoms with van der Waals surface area (Å²) < 4.78 is 41.7. The van der Waals surface area contributed by atoms with Crippen LogP contribution in [0.25, 0.3) is 0 Å². The van der Waals surface area contributed by atoms with Gasteiger partial charge in [-0.2, -0.15) is 13.2 Å². The highest BCUT2D eigenvalue weighted by Crippen LogP contribution is 2.23. The van der Waals surface area contributed by atoms with E-state index in [1.807, 2.05) is 31.2 Å². The fourth-order valence-corrected chi connectivity index (χ4v) is 2.22. The lowest BCUT2D eigenvalue weighted by atomic mass is 10.1. The number of halogens is 3. The van der Waals surface area contributed by atoms with Gasteiger partial charge in [-0.05, 0) is 58.2 Å². The van der Waals surface area contributed by atoms with E-state index in [1.165, 1.54) is 0 Å². The lowest BCUT2D eigenvalue weighted by Crippen LogP contribution is -2.32. The van der Waals surface area contributed by atoms with Crippen LogP contribution in [0.3, 0.4) is 0 Å². The molecule has 1 aromatic rings. The van der Waals surface area contributed by atoms with E-state index in [1.54, 1.807) is 20.8 Å². The quantitative estimate of drug-likeness (QED) is 0.699. The van der Waals surface area contributed by atoms with Gasteiger partial charge in [0.1, 0.15) is 5.60 Å². The standard InChI is InChI=1S/C18H27F3N2O2/c1-13(7-6-10-18(19,20)21)23-15-9-5-8-14(11-15)12-22-16(24)25-17(2,3)4/h5,8-9,11,13,23H,6-7,10,12H2,1-4H3,(H,22,24). The molecule has 0 bridgehead atoms. The summed E-state index contributed by atoms with van der Waals surface area (Å²) in [7, 11) is 0. The van der Waals surface area contributed by atoms with Crippen molar-refractivity contribution < 1.29 is 22.7 Å². The van der Waals surface area contributed by atoms with Crippen LogP contribution in [-0.4, -0.2) is 23.9 Å². The van der Waals surface area contributed by atoms with E-state index in [2.05, 4.69) is 10.6 Å². The first-order valence-corrected chi connectivity index (χ1v) is 8.34. The first kappa shape index (κ1) is 21.1. The minimum Gasteiger partial charge on any atom is -0.444 e. The summed E-state index contributed by atoms with van der Waals surface area (Å²) in [6, 6.07) is 7.32. The molecule has 0 aliphatic rings. The molecule has 0 spiro atoms. The predicted octanol–water partition coefficient (Wildman–Crippen LogP) is 5.24. The largest absolute Gasteiger partial charge is 0.444 e. The number of amides is 1. The molecule has 0 aliphatic carbocycles. The summed E-state index contributed by atoms with van der Waals surface area (Å²) in [6.45, 7) is 7.53. The zero-order valence-corrected chi connectivity index (χ0v) is 15.2. The summed E-state index contributed by atoms with van der Waals surface area (Å²) in [4.78, 5) is 11.7. The number of hydrogen-bond acceptors (Lipinski definition) is 3. The van der Waals surface area contributed by atoms with Crippen LogP contribution in [0.1, 0.15) is 52.5 Å². The predicted molar refractivity (Wildman–Crippen MR) is 92.5 cm³/mol. The van der Waals surface area contributed by atoms with E-state index in [9.17, 15) is 18.0 Å². The Morgan fingerprint density at radius 1 is 1.24 bits per heavy atom. The molecule has 0 aliphatic heterocycles. The minimum absolute atomic E-state index is 0.0728. The summed E-state index contributed by atoms with van der Waals surface area (Å²) in [5.74, 6) is 0. The van der Waals surface area contributed by atoms with Gasteiger partial charge in [0.15, 0.2) is 0 Å². The topological polar surface area (TPSA) is 50.4 Å². The van der Waals surface area contributed by atoms with Crippen LogP contribution in [0, 0.1) is 0 Å². The maximum atomic E-state index is 12.2. The second-order valence-corrected chi connectivity index (χ2v) is 7.11. The molecule has 2 N–H and O–H groups in total. The van der Waals surface area contributed by atoms with Crippen molar-refractivity contribution in [3.8, 4) is 0 Å². The first-order chi connectivity index (χ1) is 11.4. The molecular weight excluding hydrogens is 333 g/mol. The molecule has 0 heterocycles. The monoisotopic (exact) mass is 360 g/mol. The van der Waals surface area contributed by atoms with Crippen LogP contribution in [0.2, 0.25) is 0 Å². The zero-order valence-electron chi connectivity index (χ0n) is 15.2. The van der Waals surface area contributed by atoms with E-state index >= 15 is 0 Å². The third-order valence-electron chi connectivity index (χ3n) is 3.27. The molecule has 0 radical (unpaired) electrons. The van der Waals surface area contributed by atoms with Crippen LogP contribution in [-0.2, 0) is 11.3 Å². The van der Waals surface area contributed by atoms with Gasteiger partial charge >= 0.3 is 12.3 Å². The Kier molecular flexibility index (Phi) is 7.58. The number of anilines is 1. The van der Waals surface area contributed by atoms with Gasteiger partial charge in [0.25, 0.3) is 0 Å². The van der Waals surface area contributed by atoms with Gasteiger partial charge in [-0.25, -0.2) is 4.79 Å². The number of carbonyl (C=O) groups is 1. The molecule has 1 unspecified atom stereocenters. The van der Waals surface area contributed by atoms with Gasteiger partial charge in [0.2, 0.25) is 0 Å². The lowest BCUT2D eigenvalue weighted by molar-refractivity contribution is -0.135. The molecule has 0 saturated carbocycles. The fourth-order valence-electron chi connectivity index (χ4n) is 2.22. The highest BCUT2D eigenvalue weighted by atomic mass is 19.4. The van der Waals surface area contributed by atoms with Crippen molar-refractivity contribution in [1.82, 2.24) is 5.32 Å². The van der Waals surface area contributed by atoms with Crippen molar-refractivity contribution in [2.75, 3.05) is 5.32 Å². The van der Waals surface area contributed by atoms with Crippen molar-refractivity contribution >= 4 is 11.8 Å². The fraction of sp³-hybridized carbons (Fsp3) is 0.611. The van der Waals surface area contributed by atoms with E-state index in [0.29, 0.717) is 13.0 Å². The molecule has 0 saturated heterocycles. The van der Waals surface area contributed by atoms with Crippen LogP contribution < -0.4 is 10.6 Å². The molecular formula is C18H27F3N2O2. The number of carbonyl (C=O) groups excluding carboxylic acids is 1. The Labute approximate surface area is 147 Å². The van der Waals surface area contributed by atoms with Crippen LogP contribution in [0.15, 0.2) is 24.3 Å². The molecule has 1 atom stereocenters. The number of ether oxygens (including phenoxy) is 1. The van der Waals surface area contributed by atoms with Crippen LogP contribution >= 0.6 is 0 Å². The number of rotatable bonds is 7. The third kappa shape index (κ3) is 10.5. The van der Waals surface area contributed by atoms with Gasteiger partial charge in [0.05, 0.1) is 0 Å². The van der Waals surface area contributed by atoms with Gasteiger partial charge in [-0.3, -0.25) is 0 Å². The summed E-state index contributed by atoms with van der Waals surface area (Å²) in [6.07, 6.45) is -4.84. The number of hydrogen-bond donors (Lipinski definition) is 2. The van der Waals surface area contributed by atoms with Crippen LogP contribution in [0.5, 0.6) is 0 Å². The molecule has 0 aromatic heterocycles. The average molecular weight is 360 g/mol. The smallest absolute Gasteiger partial charge is 0.407 e. The Morgan fingerprint density at radius 2 is 1.92 bits per heavy atom. The molecule has 1 amide bonds. The Morgan fingerprint density at radius 3 is 2.52 bits per heavy atom. The van der Waals surface area contributed by atoms with E-state index in [0.717, 1.165) is 11.3 Å². The highest BCUT2D eigenvalue weighted by Gasteiger charge is 2.26. The second-order valence-electron chi connectivity index (χ2n) is 7.11. The average Bonchev–Trinajstić information content (AvgIpc) is 2.42. The van der Waals surface area contributed by atoms with Crippen molar-refractivity contribution in [2.45, 2.75) is 71.3 Å². The molecule has 1 aromatic carbocycles. The molecule has 7 heteroatoms. The molecule has 4 nitrogen and oxygen atoms in total. The number of alkyl halides is 3. The normalized spacial score (nSPS) is 13.2. The number of benzene rings is 1. The lowest BCUT2D eigenvalue weighted by Gasteiger charge is -2.20. The first-order valence-electron chi connectivity index (χ1n) is 8.34. The maximum Gasteiger partial charge on any atom is 0.407 e. The summed E-state index contributed by atoms with van der Waals surface area (Å²) in [5.41, 5.74) is 1.13. The second kappa shape index (κ2) is 8.97.